The smallest absolute Gasteiger partial charge is 0.423 e. The molecule has 9 heteroatoms. The zero-order valence-corrected chi connectivity index (χ0v) is 21.1. The van der Waals surface area contributed by atoms with Crippen molar-refractivity contribution >= 4 is 6.09 Å². The second-order valence-corrected chi connectivity index (χ2v) is 11.4. The summed E-state index contributed by atoms with van der Waals surface area (Å²) < 4.78 is 8.26. The van der Waals surface area contributed by atoms with E-state index in [0.29, 0.717) is 30.5 Å². The lowest BCUT2D eigenvalue weighted by atomic mass is 9.88. The van der Waals surface area contributed by atoms with Crippen LogP contribution in [0.4, 0.5) is 4.79 Å². The normalized spacial score (nSPS) is 43.9. The fourth-order valence-corrected chi connectivity index (χ4v) is 8.45. The average molecular weight is 473 g/mol. The van der Waals surface area contributed by atoms with Crippen LogP contribution in [0.1, 0.15) is 39.5 Å². The molecule has 4 rings (SSSR count). The monoisotopic (exact) mass is 472 g/mol. The molecular weight excluding hydrogens is 424 g/mol. The second-order valence-electron chi connectivity index (χ2n) is 11.4. The van der Waals surface area contributed by atoms with Crippen LogP contribution in [0, 0.1) is 0 Å². The van der Waals surface area contributed by atoms with Gasteiger partial charge in [-0.3, -0.25) is 13.4 Å². The van der Waals surface area contributed by atoms with Gasteiger partial charge in [0.25, 0.3) is 0 Å². The number of hydrogen-bond donors (Lipinski definition) is 3. The first kappa shape index (κ1) is 25.3. The maximum Gasteiger partial charge on any atom is 0.521 e. The van der Waals surface area contributed by atoms with E-state index in [-0.39, 0.29) is 31.1 Å². The maximum absolute atomic E-state index is 13.6. The summed E-state index contributed by atoms with van der Waals surface area (Å²) in [6.45, 7) is 13.5. The predicted octanol–water partition coefficient (Wildman–Crippen LogP) is 0.0409. The summed E-state index contributed by atoms with van der Waals surface area (Å²) in [5, 5.41) is 31.9. The predicted molar refractivity (Wildman–Crippen MR) is 123 cm³/mol. The van der Waals surface area contributed by atoms with Gasteiger partial charge < -0.3 is 20.1 Å². The summed E-state index contributed by atoms with van der Waals surface area (Å²) in [6.07, 6.45) is 2.67. The quantitative estimate of drug-likeness (QED) is 0.435. The van der Waals surface area contributed by atoms with Gasteiger partial charge in [0.05, 0.1) is 39.9 Å². The molecule has 0 saturated carbocycles. The Morgan fingerprint density at radius 1 is 0.818 bits per heavy atom. The van der Waals surface area contributed by atoms with E-state index in [1.165, 1.54) is 7.11 Å². The maximum atomic E-state index is 13.6. The van der Waals surface area contributed by atoms with Crippen LogP contribution in [0.3, 0.4) is 0 Å². The van der Waals surface area contributed by atoms with Crippen molar-refractivity contribution in [2.24, 2.45) is 0 Å². The van der Waals surface area contributed by atoms with Crippen LogP contribution in [0.2, 0.25) is 0 Å². The van der Waals surface area contributed by atoms with Crippen LogP contribution >= 0.6 is 0 Å². The lowest BCUT2D eigenvalue weighted by Crippen LogP contribution is -2.96. The molecule has 4 heterocycles. The highest BCUT2D eigenvalue weighted by atomic mass is 16.5. The molecule has 0 bridgehead atoms. The van der Waals surface area contributed by atoms with E-state index in [4.69, 9.17) is 4.74 Å². The number of rotatable bonds is 8. The first-order valence-electron chi connectivity index (χ1n) is 13.3. The molecule has 9 nitrogen and oxygen atoms in total. The highest BCUT2D eigenvalue weighted by Crippen LogP contribution is 2.49. The number of aliphatic hydroxyl groups excluding tert-OH is 3. The molecule has 0 aliphatic carbocycles. The second kappa shape index (κ2) is 9.33. The SMILES string of the molecule is CCC(O)C[N+]12CCC[N+]3(CCO)CC[N+]4(CC(O)CC)CCC[N+](C(=O)OC)(CC1)[C@H]4[C@H]32. The fourth-order valence-electron chi connectivity index (χ4n) is 8.45. The highest BCUT2D eigenvalue weighted by Gasteiger charge is 2.79. The molecule has 0 aromatic carbocycles. The highest BCUT2D eigenvalue weighted by molar-refractivity contribution is 5.59. The van der Waals surface area contributed by atoms with Crippen molar-refractivity contribution in [2.45, 2.75) is 64.1 Å². The molecule has 1 amide bonds. The van der Waals surface area contributed by atoms with Gasteiger partial charge in [0.2, 0.25) is 0 Å². The van der Waals surface area contributed by atoms with Crippen molar-refractivity contribution < 1.29 is 42.8 Å². The minimum absolute atomic E-state index is 0.00851. The van der Waals surface area contributed by atoms with Crippen molar-refractivity contribution in [2.75, 3.05) is 85.7 Å². The molecule has 8 atom stereocenters. The number of carbonyl (C=O) groups is 1. The number of quaternary nitrogens is 4. The molecule has 4 saturated heterocycles. The van der Waals surface area contributed by atoms with Crippen molar-refractivity contribution in [3.63, 3.8) is 0 Å². The molecule has 0 aromatic heterocycles. The Labute approximate surface area is 199 Å². The zero-order valence-electron chi connectivity index (χ0n) is 21.1. The number of piperazine rings is 2. The Morgan fingerprint density at radius 3 is 1.91 bits per heavy atom. The van der Waals surface area contributed by atoms with Crippen LogP contribution < -0.4 is 0 Å². The third-order valence-electron chi connectivity index (χ3n) is 9.93. The minimum Gasteiger partial charge on any atom is -0.423 e. The molecule has 3 N–H and O–H groups in total. The number of ether oxygens (including phenoxy) is 1. The molecule has 6 unspecified atom stereocenters. The number of aliphatic hydroxyl groups is 3. The molecule has 4 aliphatic heterocycles. The standard InChI is InChI=1S/C24H48N4O5/c1-4-20(30)18-26-9-6-8-25(16-17-29)12-13-27(19-21(31)5-2)10-7-11-28(15-14-26,24(32)33-3)23(27)22(25)26/h20-23,29-31H,4-19H2,1-3H3/q+4/t20?,21?,22-,23+,25?,26?,27?,28?/m1/s1. The van der Waals surface area contributed by atoms with Gasteiger partial charge in [-0.25, -0.2) is 0 Å². The van der Waals surface area contributed by atoms with Gasteiger partial charge >= 0.3 is 18.4 Å². The van der Waals surface area contributed by atoms with Crippen LogP contribution in [0.15, 0.2) is 0 Å². The van der Waals surface area contributed by atoms with Gasteiger partial charge in [0, 0.05) is 12.8 Å². The Kier molecular flexibility index (Phi) is 7.15. The number of amides is 1. The van der Waals surface area contributed by atoms with E-state index in [0.717, 1.165) is 85.1 Å². The molecular formula is C24H48N4O5+4. The summed E-state index contributed by atoms with van der Waals surface area (Å²) in [5.41, 5.74) is 0. The largest absolute Gasteiger partial charge is 0.521 e. The molecule has 33 heavy (non-hydrogen) atoms. The summed E-state index contributed by atoms with van der Waals surface area (Å²) in [6, 6.07) is 0. The third kappa shape index (κ3) is 3.84. The van der Waals surface area contributed by atoms with E-state index >= 15 is 0 Å². The number of hydrogen-bond acceptors (Lipinski definition) is 5. The van der Waals surface area contributed by atoms with Crippen LogP contribution in [-0.4, -0.2) is 150 Å². The van der Waals surface area contributed by atoms with Crippen LogP contribution in [0.25, 0.3) is 0 Å². The summed E-state index contributed by atoms with van der Waals surface area (Å²) in [4.78, 5) is 13.6. The van der Waals surface area contributed by atoms with Gasteiger partial charge in [-0.1, -0.05) is 13.8 Å². The van der Waals surface area contributed by atoms with Crippen molar-refractivity contribution in [1.82, 2.24) is 0 Å². The van der Waals surface area contributed by atoms with E-state index in [1.807, 2.05) is 13.8 Å². The lowest BCUT2D eigenvalue weighted by molar-refractivity contribution is -1.27. The van der Waals surface area contributed by atoms with E-state index in [1.54, 1.807) is 0 Å². The molecule has 4 fully saturated rings. The summed E-state index contributed by atoms with van der Waals surface area (Å²) in [5.74, 6) is 0. The lowest BCUT2D eigenvalue weighted by Gasteiger charge is -2.69. The van der Waals surface area contributed by atoms with Gasteiger partial charge in [-0.05, 0) is 12.8 Å². The third-order valence-corrected chi connectivity index (χ3v) is 9.93. The number of methoxy groups -OCH3 is 1. The molecule has 0 spiro atoms. The average Bonchev–Trinajstić information content (AvgIpc) is 2.82. The molecule has 190 valence electrons. The first-order chi connectivity index (χ1) is 15.8. The van der Waals surface area contributed by atoms with Crippen LogP contribution in [0.5, 0.6) is 0 Å². The number of nitrogens with zero attached hydrogens (tertiary/aromatic N) is 4. The minimum atomic E-state index is -0.394. The van der Waals surface area contributed by atoms with Crippen molar-refractivity contribution in [3.05, 3.63) is 0 Å². The fraction of sp³-hybridized carbons (Fsp3) is 0.958. The summed E-state index contributed by atoms with van der Waals surface area (Å²) in [7, 11) is 1.51. The van der Waals surface area contributed by atoms with Crippen molar-refractivity contribution in [3.8, 4) is 0 Å². The topological polar surface area (TPSA) is 87.0 Å². The Bertz CT molecular complexity index is 723. The van der Waals surface area contributed by atoms with Crippen molar-refractivity contribution in [1.29, 1.82) is 0 Å². The van der Waals surface area contributed by atoms with Gasteiger partial charge in [0.15, 0.2) is 0 Å². The zero-order chi connectivity index (χ0) is 23.9. The van der Waals surface area contributed by atoms with Gasteiger partial charge in [-0.15, -0.1) is 0 Å². The van der Waals surface area contributed by atoms with Gasteiger partial charge in [-0.2, -0.15) is 9.28 Å². The Morgan fingerprint density at radius 2 is 1.33 bits per heavy atom. The Balaban J connectivity index is 1.90. The molecule has 0 aromatic rings. The van der Waals surface area contributed by atoms with E-state index in [2.05, 4.69) is 0 Å². The van der Waals surface area contributed by atoms with Gasteiger partial charge in [0.1, 0.15) is 58.0 Å². The number of carbonyl (C=O) groups excluding carboxylic acids is 1. The van der Waals surface area contributed by atoms with E-state index < -0.39 is 6.10 Å². The Hall–Kier alpha value is -0.810. The summed E-state index contributed by atoms with van der Waals surface area (Å²) >= 11 is 0. The first-order valence-corrected chi connectivity index (χ1v) is 13.3. The van der Waals surface area contributed by atoms with Crippen LogP contribution in [-0.2, 0) is 4.74 Å². The van der Waals surface area contributed by atoms with E-state index in [9.17, 15) is 20.1 Å². The molecule has 0 radical (unpaired) electrons. The molecule has 4 aliphatic rings.